The summed E-state index contributed by atoms with van der Waals surface area (Å²) in [6, 6.07) is 11.7. The Morgan fingerprint density at radius 2 is 1.75 bits per heavy atom. The van der Waals surface area contributed by atoms with E-state index in [9.17, 15) is 9.59 Å². The molecule has 0 spiro atoms. The highest BCUT2D eigenvalue weighted by atomic mass is 16.2. The zero-order chi connectivity index (χ0) is 14.1. The highest BCUT2D eigenvalue weighted by molar-refractivity contribution is 6.19. The second-order valence-electron chi connectivity index (χ2n) is 4.91. The highest BCUT2D eigenvalue weighted by Gasteiger charge is 2.32. The maximum absolute atomic E-state index is 11.7. The molecule has 2 heterocycles. The van der Waals surface area contributed by atoms with Crippen LogP contribution in [0.1, 0.15) is 24.1 Å². The van der Waals surface area contributed by atoms with Gasteiger partial charge in [0.1, 0.15) is 0 Å². The molecule has 1 aromatic carbocycles. The Balaban J connectivity index is 1.88. The third-order valence-electron chi connectivity index (χ3n) is 3.42. The maximum Gasteiger partial charge on any atom is 0.235 e. The van der Waals surface area contributed by atoms with Gasteiger partial charge in [-0.05, 0) is 12.5 Å². The lowest BCUT2D eigenvalue weighted by Crippen LogP contribution is -2.29. The van der Waals surface area contributed by atoms with Crippen LogP contribution in [0.5, 0.6) is 0 Å². The third kappa shape index (κ3) is 2.22. The number of amides is 2. The number of anilines is 1. The van der Waals surface area contributed by atoms with Crippen molar-refractivity contribution in [1.82, 2.24) is 9.78 Å². The highest BCUT2D eigenvalue weighted by Crippen LogP contribution is 2.22. The lowest BCUT2D eigenvalue weighted by atomic mass is 10.2. The fourth-order valence-electron chi connectivity index (χ4n) is 2.35. The lowest BCUT2D eigenvalue weighted by Gasteiger charge is -2.09. The second kappa shape index (κ2) is 4.92. The van der Waals surface area contributed by atoms with Crippen molar-refractivity contribution in [2.45, 2.75) is 26.3 Å². The van der Waals surface area contributed by atoms with Crippen LogP contribution in [0.2, 0.25) is 0 Å². The van der Waals surface area contributed by atoms with Crippen LogP contribution in [0, 0.1) is 6.92 Å². The van der Waals surface area contributed by atoms with E-state index < -0.39 is 0 Å². The summed E-state index contributed by atoms with van der Waals surface area (Å²) in [5.74, 6) is 0.102. The molecule has 0 bridgehead atoms. The van der Waals surface area contributed by atoms with Crippen molar-refractivity contribution < 1.29 is 9.59 Å². The van der Waals surface area contributed by atoms with Gasteiger partial charge in [-0.1, -0.05) is 30.3 Å². The minimum Gasteiger partial charge on any atom is -0.274 e. The molecule has 5 nitrogen and oxygen atoms in total. The number of nitrogens with zero attached hydrogens (tertiary/aromatic N) is 3. The number of aromatic nitrogens is 2. The van der Waals surface area contributed by atoms with Crippen molar-refractivity contribution in [2.75, 3.05) is 4.90 Å². The number of benzene rings is 1. The van der Waals surface area contributed by atoms with Gasteiger partial charge < -0.3 is 0 Å². The van der Waals surface area contributed by atoms with Gasteiger partial charge in [-0.15, -0.1) is 0 Å². The molecule has 1 aromatic heterocycles. The summed E-state index contributed by atoms with van der Waals surface area (Å²) in [7, 11) is 0. The van der Waals surface area contributed by atoms with Gasteiger partial charge in [0.05, 0.1) is 6.54 Å². The fourth-order valence-corrected chi connectivity index (χ4v) is 2.35. The second-order valence-corrected chi connectivity index (χ2v) is 4.91. The Kier molecular flexibility index (Phi) is 3.10. The third-order valence-corrected chi connectivity index (χ3v) is 3.42. The zero-order valence-electron chi connectivity index (χ0n) is 11.2. The molecule has 2 amide bonds. The van der Waals surface area contributed by atoms with E-state index in [1.54, 1.807) is 6.07 Å². The van der Waals surface area contributed by atoms with Crippen LogP contribution in [0.15, 0.2) is 36.4 Å². The van der Waals surface area contributed by atoms with Crippen molar-refractivity contribution in [1.29, 1.82) is 0 Å². The summed E-state index contributed by atoms with van der Waals surface area (Å²) < 4.78 is 1.81. The number of hydrogen-bond donors (Lipinski definition) is 0. The maximum atomic E-state index is 11.7. The number of imide groups is 1. The first-order chi connectivity index (χ1) is 9.65. The molecule has 5 heteroatoms. The van der Waals surface area contributed by atoms with Gasteiger partial charge in [-0.25, -0.2) is 4.90 Å². The molecular formula is C15H15N3O2. The molecule has 0 saturated carbocycles. The molecule has 0 radical (unpaired) electrons. The monoisotopic (exact) mass is 269 g/mol. The molecule has 102 valence electrons. The van der Waals surface area contributed by atoms with Crippen molar-refractivity contribution in [2.24, 2.45) is 0 Å². The van der Waals surface area contributed by atoms with E-state index in [0.717, 1.165) is 11.3 Å². The molecule has 1 aliphatic heterocycles. The Morgan fingerprint density at radius 3 is 2.40 bits per heavy atom. The number of hydrogen-bond acceptors (Lipinski definition) is 3. The van der Waals surface area contributed by atoms with Gasteiger partial charge in [-0.2, -0.15) is 5.10 Å². The summed E-state index contributed by atoms with van der Waals surface area (Å²) >= 11 is 0. The standard InChI is InChI=1S/C15H15N3O2/c1-11-9-13(18-14(19)7-8-15(18)20)16-17(11)10-12-5-3-2-4-6-12/h2-6,9H,7-8,10H2,1H3. The van der Waals surface area contributed by atoms with Crippen LogP contribution in [0.3, 0.4) is 0 Å². The first kappa shape index (κ1) is 12.6. The fraction of sp³-hybridized carbons (Fsp3) is 0.267. The topological polar surface area (TPSA) is 55.2 Å². The summed E-state index contributed by atoms with van der Waals surface area (Å²) in [4.78, 5) is 24.6. The largest absolute Gasteiger partial charge is 0.274 e. The van der Waals surface area contributed by atoms with Gasteiger partial charge in [-0.3, -0.25) is 14.3 Å². The van der Waals surface area contributed by atoms with E-state index in [1.165, 1.54) is 4.90 Å². The van der Waals surface area contributed by atoms with Crippen LogP contribution in [0.4, 0.5) is 5.82 Å². The smallest absolute Gasteiger partial charge is 0.235 e. The molecule has 1 aliphatic rings. The first-order valence-electron chi connectivity index (χ1n) is 6.59. The quantitative estimate of drug-likeness (QED) is 0.800. The predicted octanol–water partition coefficient (Wildman–Crippen LogP) is 1.89. The van der Waals surface area contributed by atoms with Crippen LogP contribution in [-0.4, -0.2) is 21.6 Å². The number of carbonyl (C=O) groups excluding carboxylic acids is 2. The lowest BCUT2D eigenvalue weighted by molar-refractivity contribution is -0.121. The molecule has 1 fully saturated rings. The van der Waals surface area contributed by atoms with Crippen LogP contribution in [-0.2, 0) is 16.1 Å². The van der Waals surface area contributed by atoms with Gasteiger partial charge in [0, 0.05) is 24.6 Å². The van der Waals surface area contributed by atoms with Gasteiger partial charge in [0.25, 0.3) is 0 Å². The SMILES string of the molecule is Cc1cc(N2C(=O)CCC2=O)nn1Cc1ccccc1. The average Bonchev–Trinajstić information content (AvgIpc) is 2.95. The molecule has 20 heavy (non-hydrogen) atoms. The summed E-state index contributed by atoms with van der Waals surface area (Å²) in [6.45, 7) is 2.55. The first-order valence-corrected chi connectivity index (χ1v) is 6.59. The number of rotatable bonds is 3. The van der Waals surface area contributed by atoms with Crippen LogP contribution < -0.4 is 4.90 Å². The van der Waals surface area contributed by atoms with E-state index in [1.807, 2.05) is 41.9 Å². The predicted molar refractivity (Wildman–Crippen MR) is 74.2 cm³/mol. The molecule has 2 aromatic rings. The van der Waals surface area contributed by atoms with Gasteiger partial charge in [0.15, 0.2) is 5.82 Å². The van der Waals surface area contributed by atoms with Gasteiger partial charge in [0.2, 0.25) is 11.8 Å². The Bertz CT molecular complexity index is 645. The molecule has 3 rings (SSSR count). The van der Waals surface area contributed by atoms with E-state index in [2.05, 4.69) is 5.10 Å². The Hall–Kier alpha value is -2.43. The molecule has 0 aliphatic carbocycles. The minimum atomic E-state index is -0.167. The molecule has 0 atom stereocenters. The van der Waals surface area contributed by atoms with E-state index >= 15 is 0 Å². The molecule has 0 N–H and O–H groups in total. The van der Waals surface area contributed by atoms with Crippen LogP contribution >= 0.6 is 0 Å². The van der Waals surface area contributed by atoms with E-state index in [-0.39, 0.29) is 24.7 Å². The van der Waals surface area contributed by atoms with E-state index in [0.29, 0.717) is 12.4 Å². The molecule has 1 saturated heterocycles. The summed E-state index contributed by atoms with van der Waals surface area (Å²) in [5.41, 5.74) is 2.06. The molecular weight excluding hydrogens is 254 g/mol. The normalized spacial score (nSPS) is 15.2. The van der Waals surface area contributed by atoms with Crippen LogP contribution in [0.25, 0.3) is 0 Å². The number of carbonyl (C=O) groups is 2. The Morgan fingerprint density at radius 1 is 1.10 bits per heavy atom. The summed E-state index contributed by atoms with van der Waals surface area (Å²) in [6.07, 6.45) is 0.562. The van der Waals surface area contributed by atoms with Crippen molar-refractivity contribution in [3.63, 3.8) is 0 Å². The Labute approximate surface area is 116 Å². The van der Waals surface area contributed by atoms with Crippen molar-refractivity contribution >= 4 is 17.6 Å². The summed E-state index contributed by atoms with van der Waals surface area (Å²) in [5, 5.41) is 4.39. The minimum absolute atomic E-state index is 0.167. The van der Waals surface area contributed by atoms with Gasteiger partial charge >= 0.3 is 0 Å². The van der Waals surface area contributed by atoms with Crippen molar-refractivity contribution in [3.05, 3.63) is 47.7 Å². The average molecular weight is 269 g/mol. The number of aryl methyl sites for hydroxylation is 1. The molecule has 0 unspecified atom stereocenters. The van der Waals surface area contributed by atoms with E-state index in [4.69, 9.17) is 0 Å². The zero-order valence-corrected chi connectivity index (χ0v) is 11.2. The van der Waals surface area contributed by atoms with Crippen molar-refractivity contribution in [3.8, 4) is 0 Å².